The molecule has 0 aliphatic carbocycles. The van der Waals surface area contributed by atoms with Crippen LogP contribution in [0.15, 0.2) is 36.7 Å². The number of hydrogen-bond acceptors (Lipinski definition) is 6. The maximum atomic E-state index is 12.6. The molecule has 3 heterocycles. The summed E-state index contributed by atoms with van der Waals surface area (Å²) in [6.45, 7) is 0.860. The van der Waals surface area contributed by atoms with Crippen molar-refractivity contribution in [3.8, 4) is 0 Å². The number of nitrogens with zero attached hydrogens (tertiary/aromatic N) is 4. The van der Waals surface area contributed by atoms with Crippen LogP contribution in [0.1, 0.15) is 28.9 Å². The maximum absolute atomic E-state index is 12.6. The van der Waals surface area contributed by atoms with Gasteiger partial charge in [-0.2, -0.15) is 0 Å². The van der Waals surface area contributed by atoms with E-state index in [4.69, 9.17) is 0 Å². The number of anilines is 2. The number of carbonyl (C=O) groups excluding carboxylic acids is 1. The molecule has 1 amide bonds. The van der Waals surface area contributed by atoms with Crippen LogP contribution in [0.2, 0.25) is 0 Å². The van der Waals surface area contributed by atoms with E-state index in [1.165, 1.54) is 16.7 Å². The molecular formula is C19H22N4O3S. The largest absolute Gasteiger partial charge is 0.336 e. The molecule has 2 aliphatic heterocycles. The molecule has 4 rings (SSSR count). The molecule has 7 nitrogen and oxygen atoms in total. The van der Waals surface area contributed by atoms with Crippen LogP contribution < -0.4 is 4.90 Å². The maximum Gasteiger partial charge on any atom is 0.274 e. The van der Waals surface area contributed by atoms with Crippen LogP contribution in [0.3, 0.4) is 0 Å². The van der Waals surface area contributed by atoms with Gasteiger partial charge in [0.15, 0.2) is 15.7 Å². The minimum absolute atomic E-state index is 0.0192. The Hall–Kier alpha value is -2.48. The van der Waals surface area contributed by atoms with Crippen molar-refractivity contribution >= 4 is 27.2 Å². The molecular weight excluding hydrogens is 364 g/mol. The molecule has 0 saturated carbocycles. The molecule has 2 aliphatic rings. The molecule has 0 bridgehead atoms. The Morgan fingerprint density at radius 2 is 2.04 bits per heavy atom. The van der Waals surface area contributed by atoms with Crippen LogP contribution in [-0.4, -0.2) is 60.3 Å². The highest BCUT2D eigenvalue weighted by Crippen LogP contribution is 2.31. The van der Waals surface area contributed by atoms with E-state index in [0.29, 0.717) is 12.2 Å². The fraction of sp³-hybridized carbons (Fsp3) is 0.421. The first-order chi connectivity index (χ1) is 12.9. The van der Waals surface area contributed by atoms with Crippen LogP contribution in [0.25, 0.3) is 0 Å². The Kier molecular flexibility index (Phi) is 4.59. The predicted octanol–water partition coefficient (Wildman–Crippen LogP) is 1.82. The first-order valence-corrected chi connectivity index (χ1v) is 10.9. The number of para-hydroxylation sites is 1. The second kappa shape index (κ2) is 6.92. The molecule has 1 aromatic heterocycles. The molecule has 1 aromatic carbocycles. The monoisotopic (exact) mass is 386 g/mol. The standard InChI is InChI=1S/C19H22N4O3S/c1-22(15-8-10-27(25,26)13-15)19(24)16-11-21-18(12-20-16)23-9-4-6-14-5-2-3-7-17(14)23/h2-3,5,7,11-12,15H,4,6,8-10,13H2,1H3. The minimum atomic E-state index is -3.04. The number of rotatable bonds is 3. The molecule has 8 heteroatoms. The van der Waals surface area contributed by atoms with Crippen LogP contribution >= 0.6 is 0 Å². The van der Waals surface area contributed by atoms with E-state index in [9.17, 15) is 13.2 Å². The highest BCUT2D eigenvalue weighted by atomic mass is 32.2. The summed E-state index contributed by atoms with van der Waals surface area (Å²) in [6, 6.07) is 7.95. The summed E-state index contributed by atoms with van der Waals surface area (Å²) < 4.78 is 23.3. The molecule has 1 unspecified atom stereocenters. The Bertz CT molecular complexity index is 959. The molecule has 0 spiro atoms. The van der Waals surface area contributed by atoms with E-state index in [2.05, 4.69) is 27.0 Å². The fourth-order valence-corrected chi connectivity index (χ4v) is 5.54. The van der Waals surface area contributed by atoms with Crippen molar-refractivity contribution < 1.29 is 13.2 Å². The van der Waals surface area contributed by atoms with Crippen molar-refractivity contribution in [3.05, 3.63) is 47.9 Å². The van der Waals surface area contributed by atoms with Crippen LogP contribution in [0.4, 0.5) is 11.5 Å². The lowest BCUT2D eigenvalue weighted by Gasteiger charge is -2.30. The van der Waals surface area contributed by atoms with Gasteiger partial charge in [-0.1, -0.05) is 18.2 Å². The Balaban J connectivity index is 1.52. The lowest BCUT2D eigenvalue weighted by atomic mass is 10.0. The average Bonchev–Trinajstić information content (AvgIpc) is 3.06. The third kappa shape index (κ3) is 3.53. The number of benzene rings is 1. The molecule has 1 fully saturated rings. The van der Waals surface area contributed by atoms with E-state index in [1.807, 2.05) is 12.1 Å². The Morgan fingerprint density at radius 3 is 2.74 bits per heavy atom. The van der Waals surface area contributed by atoms with Gasteiger partial charge in [0, 0.05) is 25.3 Å². The number of fused-ring (bicyclic) bond motifs is 1. The third-order valence-electron chi connectivity index (χ3n) is 5.32. The van der Waals surface area contributed by atoms with Gasteiger partial charge in [-0.15, -0.1) is 0 Å². The van der Waals surface area contributed by atoms with Crippen molar-refractivity contribution in [2.75, 3.05) is 30.0 Å². The summed E-state index contributed by atoms with van der Waals surface area (Å²) in [5, 5.41) is 0. The normalized spacial score (nSPS) is 20.9. The molecule has 0 N–H and O–H groups in total. The highest BCUT2D eigenvalue weighted by molar-refractivity contribution is 7.91. The number of carbonyl (C=O) groups is 1. The number of aromatic nitrogens is 2. The van der Waals surface area contributed by atoms with Gasteiger partial charge in [0.1, 0.15) is 5.69 Å². The second-order valence-electron chi connectivity index (χ2n) is 7.12. The van der Waals surface area contributed by atoms with Gasteiger partial charge < -0.3 is 9.80 Å². The molecule has 1 atom stereocenters. The number of sulfone groups is 1. The second-order valence-corrected chi connectivity index (χ2v) is 9.35. The summed E-state index contributed by atoms with van der Waals surface area (Å²) in [5.74, 6) is 0.569. The van der Waals surface area contributed by atoms with Gasteiger partial charge in [-0.05, 0) is 30.9 Å². The van der Waals surface area contributed by atoms with Gasteiger partial charge in [-0.25, -0.2) is 18.4 Å². The molecule has 2 aromatic rings. The number of aryl methyl sites for hydroxylation is 1. The molecule has 0 radical (unpaired) electrons. The van der Waals surface area contributed by atoms with Crippen LogP contribution in [-0.2, 0) is 16.3 Å². The first kappa shape index (κ1) is 17.9. The van der Waals surface area contributed by atoms with E-state index in [-0.39, 0.29) is 29.1 Å². The zero-order valence-corrected chi connectivity index (χ0v) is 16.0. The van der Waals surface area contributed by atoms with E-state index in [0.717, 1.165) is 25.1 Å². The van der Waals surface area contributed by atoms with Crippen molar-refractivity contribution in [2.45, 2.75) is 25.3 Å². The van der Waals surface area contributed by atoms with E-state index >= 15 is 0 Å². The van der Waals surface area contributed by atoms with Crippen molar-refractivity contribution in [2.24, 2.45) is 0 Å². The average molecular weight is 386 g/mol. The quantitative estimate of drug-likeness (QED) is 0.800. The SMILES string of the molecule is CN(C(=O)c1cnc(N2CCCc3ccccc32)cn1)C1CCS(=O)(=O)C1. The van der Waals surface area contributed by atoms with Gasteiger partial charge in [0.25, 0.3) is 5.91 Å². The summed E-state index contributed by atoms with van der Waals surface area (Å²) in [6.07, 6.45) is 5.66. The summed E-state index contributed by atoms with van der Waals surface area (Å²) in [4.78, 5) is 25.0. The summed E-state index contributed by atoms with van der Waals surface area (Å²) >= 11 is 0. The minimum Gasteiger partial charge on any atom is -0.336 e. The van der Waals surface area contributed by atoms with Crippen LogP contribution in [0.5, 0.6) is 0 Å². The topological polar surface area (TPSA) is 83.5 Å². The zero-order valence-electron chi connectivity index (χ0n) is 15.2. The predicted molar refractivity (Wildman–Crippen MR) is 103 cm³/mol. The van der Waals surface area contributed by atoms with Crippen molar-refractivity contribution in [3.63, 3.8) is 0 Å². The molecule has 1 saturated heterocycles. The first-order valence-electron chi connectivity index (χ1n) is 9.10. The van der Waals surface area contributed by atoms with E-state index < -0.39 is 9.84 Å². The Morgan fingerprint density at radius 1 is 1.22 bits per heavy atom. The Labute approximate surface area is 159 Å². The molecule has 142 valence electrons. The van der Waals surface area contributed by atoms with Gasteiger partial charge in [0.05, 0.1) is 23.9 Å². The number of hydrogen-bond donors (Lipinski definition) is 0. The lowest BCUT2D eigenvalue weighted by molar-refractivity contribution is 0.0741. The molecule has 27 heavy (non-hydrogen) atoms. The fourth-order valence-electron chi connectivity index (χ4n) is 3.77. The van der Waals surface area contributed by atoms with E-state index in [1.54, 1.807) is 13.2 Å². The van der Waals surface area contributed by atoms with Crippen molar-refractivity contribution in [1.29, 1.82) is 0 Å². The highest BCUT2D eigenvalue weighted by Gasteiger charge is 2.33. The van der Waals surface area contributed by atoms with Crippen LogP contribution in [0, 0.1) is 0 Å². The number of amides is 1. The zero-order chi connectivity index (χ0) is 19.0. The smallest absolute Gasteiger partial charge is 0.274 e. The third-order valence-corrected chi connectivity index (χ3v) is 7.07. The van der Waals surface area contributed by atoms with Gasteiger partial charge >= 0.3 is 0 Å². The van der Waals surface area contributed by atoms with Crippen molar-refractivity contribution in [1.82, 2.24) is 14.9 Å². The van der Waals surface area contributed by atoms with Gasteiger partial charge in [0.2, 0.25) is 0 Å². The lowest BCUT2D eigenvalue weighted by Crippen LogP contribution is -2.38. The summed E-state index contributed by atoms with van der Waals surface area (Å²) in [5.41, 5.74) is 2.65. The van der Waals surface area contributed by atoms with Gasteiger partial charge in [-0.3, -0.25) is 4.79 Å². The summed E-state index contributed by atoms with van der Waals surface area (Å²) in [7, 11) is -1.41.